The van der Waals surface area contributed by atoms with Gasteiger partial charge >= 0.3 is 0 Å². The largest absolute Gasteiger partial charge is 0.417 e. The second-order valence-electron chi connectivity index (χ2n) is 10.8. The molecule has 0 aliphatic carbocycles. The highest BCUT2D eigenvalue weighted by molar-refractivity contribution is 7.09. The van der Waals surface area contributed by atoms with Gasteiger partial charge in [-0.1, -0.05) is 30.3 Å². The zero-order valence-electron chi connectivity index (χ0n) is 22.3. The lowest BCUT2D eigenvalue weighted by molar-refractivity contribution is 0.0735. The number of benzene rings is 1. The molecule has 9 nitrogen and oxygen atoms in total. The number of aromatic nitrogens is 4. The summed E-state index contributed by atoms with van der Waals surface area (Å²) < 4.78 is 6.12. The second kappa shape index (κ2) is 10.5. The van der Waals surface area contributed by atoms with Crippen LogP contribution in [-0.4, -0.2) is 50.6 Å². The first-order valence-corrected chi connectivity index (χ1v) is 14.4. The van der Waals surface area contributed by atoms with Crippen LogP contribution in [0.25, 0.3) is 11.6 Å². The zero-order valence-corrected chi connectivity index (χ0v) is 23.2. The predicted octanol–water partition coefficient (Wildman–Crippen LogP) is 4.89. The highest BCUT2D eigenvalue weighted by Crippen LogP contribution is 2.36. The lowest BCUT2D eigenvalue weighted by atomic mass is 9.94. The molecule has 2 atom stereocenters. The maximum atomic E-state index is 13.9. The summed E-state index contributed by atoms with van der Waals surface area (Å²) in [6, 6.07) is 13.7. The summed E-state index contributed by atoms with van der Waals surface area (Å²) in [6.07, 6.45) is 4.62. The Morgan fingerprint density at radius 2 is 1.90 bits per heavy atom. The van der Waals surface area contributed by atoms with Crippen LogP contribution in [-0.2, 0) is 12.0 Å². The van der Waals surface area contributed by atoms with E-state index in [1.807, 2.05) is 60.5 Å². The normalized spacial score (nSPS) is 19.0. The molecule has 6 rings (SSSR count). The SMILES string of the molecule is Cc1csc([C@H]2CCCN2C(=O)c2cc(-c3nnc([C@@](C)(N)Cc4ccccc4)o3)nc(N3CCCC3)c2)n1. The molecule has 2 N–H and O–H groups in total. The van der Waals surface area contributed by atoms with E-state index in [0.717, 1.165) is 60.9 Å². The molecule has 10 heteroatoms. The number of thiazole rings is 1. The average molecular weight is 544 g/mol. The number of nitrogens with two attached hydrogens (primary N) is 1. The number of anilines is 1. The molecule has 1 amide bonds. The number of hydrogen-bond donors (Lipinski definition) is 1. The van der Waals surface area contributed by atoms with E-state index >= 15 is 0 Å². The Morgan fingerprint density at radius 1 is 1.10 bits per heavy atom. The second-order valence-corrected chi connectivity index (χ2v) is 11.7. The number of rotatable bonds is 7. The van der Waals surface area contributed by atoms with Crippen molar-refractivity contribution < 1.29 is 9.21 Å². The van der Waals surface area contributed by atoms with Crippen LogP contribution in [0, 0.1) is 6.92 Å². The molecule has 0 bridgehead atoms. The van der Waals surface area contributed by atoms with Crippen LogP contribution in [0.2, 0.25) is 0 Å². The minimum Gasteiger partial charge on any atom is -0.417 e. The van der Waals surface area contributed by atoms with Crippen LogP contribution in [0.3, 0.4) is 0 Å². The number of nitrogens with zero attached hydrogens (tertiary/aromatic N) is 6. The Kier molecular flexibility index (Phi) is 6.90. The summed E-state index contributed by atoms with van der Waals surface area (Å²) in [5.41, 5.74) is 8.91. The average Bonchev–Trinajstić information content (AvgIpc) is 3.74. The number of likely N-dealkylation sites (tertiary alicyclic amines) is 1. The van der Waals surface area contributed by atoms with Crippen LogP contribution in [0.15, 0.2) is 52.3 Å². The molecule has 0 spiro atoms. The van der Waals surface area contributed by atoms with Crippen LogP contribution >= 0.6 is 11.3 Å². The molecule has 1 aromatic carbocycles. The van der Waals surface area contributed by atoms with Gasteiger partial charge in [-0.2, -0.15) is 0 Å². The first kappa shape index (κ1) is 25.6. The molecule has 39 heavy (non-hydrogen) atoms. The van der Waals surface area contributed by atoms with E-state index in [4.69, 9.17) is 15.1 Å². The minimum absolute atomic E-state index is 0.00556. The lowest BCUT2D eigenvalue weighted by Crippen LogP contribution is -2.35. The van der Waals surface area contributed by atoms with Crippen molar-refractivity contribution in [2.45, 2.75) is 57.5 Å². The number of carbonyl (C=O) groups is 1. The number of pyridine rings is 1. The summed E-state index contributed by atoms with van der Waals surface area (Å²) >= 11 is 1.62. The van der Waals surface area contributed by atoms with E-state index in [9.17, 15) is 4.79 Å². The summed E-state index contributed by atoms with van der Waals surface area (Å²) in [4.78, 5) is 27.6. The Morgan fingerprint density at radius 3 is 2.64 bits per heavy atom. The Hall–Kier alpha value is -3.63. The van der Waals surface area contributed by atoms with E-state index < -0.39 is 5.54 Å². The molecule has 5 heterocycles. The van der Waals surface area contributed by atoms with Gasteiger partial charge in [-0.3, -0.25) is 4.79 Å². The van der Waals surface area contributed by atoms with E-state index in [1.54, 1.807) is 17.4 Å². The molecule has 4 aromatic rings. The van der Waals surface area contributed by atoms with E-state index in [-0.39, 0.29) is 17.8 Å². The van der Waals surface area contributed by atoms with Crippen LogP contribution in [0.5, 0.6) is 0 Å². The van der Waals surface area contributed by atoms with Gasteiger partial charge in [0.15, 0.2) is 0 Å². The lowest BCUT2D eigenvalue weighted by Gasteiger charge is -2.24. The summed E-state index contributed by atoms with van der Waals surface area (Å²) in [5, 5.41) is 11.6. The van der Waals surface area contributed by atoms with Gasteiger partial charge in [-0.05, 0) is 63.6 Å². The molecule has 3 aromatic heterocycles. The number of aryl methyl sites for hydroxylation is 1. The van der Waals surface area contributed by atoms with Crippen molar-refractivity contribution in [2.75, 3.05) is 24.5 Å². The van der Waals surface area contributed by atoms with Gasteiger partial charge in [0.2, 0.25) is 5.89 Å². The molecule has 2 aliphatic rings. The highest BCUT2D eigenvalue weighted by atomic mass is 32.1. The molecule has 0 radical (unpaired) electrons. The maximum Gasteiger partial charge on any atom is 0.266 e. The Labute approximate surface area is 232 Å². The zero-order chi connectivity index (χ0) is 27.0. The van der Waals surface area contributed by atoms with Crippen molar-refractivity contribution in [1.29, 1.82) is 0 Å². The van der Waals surface area contributed by atoms with Crippen molar-refractivity contribution in [2.24, 2.45) is 5.73 Å². The van der Waals surface area contributed by atoms with Gasteiger partial charge in [0, 0.05) is 36.3 Å². The van der Waals surface area contributed by atoms with Crippen LogP contribution in [0.4, 0.5) is 5.82 Å². The number of hydrogen-bond acceptors (Lipinski definition) is 9. The van der Waals surface area contributed by atoms with Crippen LogP contribution < -0.4 is 10.6 Å². The highest BCUT2D eigenvalue weighted by Gasteiger charge is 2.34. The monoisotopic (exact) mass is 543 g/mol. The van der Waals surface area contributed by atoms with Gasteiger partial charge < -0.3 is 20.0 Å². The summed E-state index contributed by atoms with van der Waals surface area (Å²) in [6.45, 7) is 6.38. The standard InChI is InChI=1S/C29H33N7O2S/c1-19-18-39-26(31-19)23-11-8-14-36(23)27(37)21-15-22(32-24(16-21)35-12-6-7-13-35)25-33-34-28(38-25)29(2,30)17-20-9-4-3-5-10-20/h3-5,9-10,15-16,18,23H,6-8,11-14,17,30H2,1-2H3/t23-,29+/m1/s1. The Balaban J connectivity index is 1.32. The smallest absolute Gasteiger partial charge is 0.266 e. The van der Waals surface area contributed by atoms with Crippen molar-refractivity contribution in [3.63, 3.8) is 0 Å². The van der Waals surface area contributed by atoms with E-state index in [0.29, 0.717) is 30.1 Å². The quantitative estimate of drug-likeness (QED) is 0.350. The molecular formula is C29H33N7O2S. The molecule has 2 saturated heterocycles. The third-order valence-corrected chi connectivity index (χ3v) is 8.54. The van der Waals surface area contributed by atoms with Gasteiger partial charge in [-0.25, -0.2) is 9.97 Å². The molecule has 2 fully saturated rings. The summed E-state index contributed by atoms with van der Waals surface area (Å²) in [5.74, 6) is 1.33. The number of carbonyl (C=O) groups excluding carboxylic acids is 1. The van der Waals surface area contributed by atoms with E-state index in [1.165, 1.54) is 0 Å². The predicted molar refractivity (Wildman–Crippen MR) is 151 cm³/mol. The van der Waals surface area contributed by atoms with Crippen molar-refractivity contribution in [3.05, 3.63) is 75.6 Å². The molecule has 0 saturated carbocycles. The van der Waals surface area contributed by atoms with Crippen molar-refractivity contribution in [3.8, 4) is 11.6 Å². The van der Waals surface area contributed by atoms with Gasteiger partial charge in [-0.15, -0.1) is 21.5 Å². The first-order chi connectivity index (χ1) is 18.9. The van der Waals surface area contributed by atoms with Crippen LogP contribution in [0.1, 0.15) is 71.2 Å². The third-order valence-electron chi connectivity index (χ3n) is 7.47. The van der Waals surface area contributed by atoms with Gasteiger partial charge in [0.25, 0.3) is 11.8 Å². The summed E-state index contributed by atoms with van der Waals surface area (Å²) in [7, 11) is 0. The van der Waals surface area contributed by atoms with Crippen molar-refractivity contribution in [1.82, 2.24) is 25.1 Å². The molecule has 202 valence electrons. The van der Waals surface area contributed by atoms with Crippen molar-refractivity contribution >= 4 is 23.1 Å². The fraction of sp³-hybridized carbons (Fsp3) is 0.414. The fourth-order valence-corrected chi connectivity index (χ4v) is 6.41. The topological polar surface area (TPSA) is 114 Å². The molecule has 2 aliphatic heterocycles. The fourth-order valence-electron chi connectivity index (χ4n) is 5.47. The van der Waals surface area contributed by atoms with E-state index in [2.05, 4.69) is 20.1 Å². The minimum atomic E-state index is -0.855. The van der Waals surface area contributed by atoms with Gasteiger partial charge in [0.05, 0.1) is 11.6 Å². The molecular weight excluding hydrogens is 510 g/mol. The first-order valence-electron chi connectivity index (χ1n) is 13.5. The third kappa shape index (κ3) is 5.31. The van der Waals surface area contributed by atoms with Gasteiger partial charge in [0.1, 0.15) is 16.5 Å². The Bertz CT molecular complexity index is 1460. The maximum absolute atomic E-state index is 13.9. The molecule has 0 unspecified atom stereocenters. The number of amides is 1.